The van der Waals surface area contributed by atoms with Crippen LogP contribution in [0, 0.1) is 16.7 Å². The van der Waals surface area contributed by atoms with Crippen LogP contribution in [0.1, 0.15) is 40.0 Å². The Morgan fingerprint density at radius 3 is 2.13 bits per heavy atom. The molecule has 2 atom stereocenters. The predicted molar refractivity (Wildman–Crippen MR) is 54.5 cm³/mol. The van der Waals surface area contributed by atoms with E-state index in [1.165, 1.54) is 0 Å². The predicted octanol–water partition coefficient (Wildman–Crippen LogP) is 1.99. The second-order valence-corrected chi connectivity index (χ2v) is 5.28. The highest BCUT2D eigenvalue weighted by Crippen LogP contribution is 2.57. The van der Waals surface area contributed by atoms with E-state index < -0.39 is 28.7 Å². The fourth-order valence-corrected chi connectivity index (χ4v) is 2.65. The van der Waals surface area contributed by atoms with Crippen molar-refractivity contribution in [3.63, 3.8) is 0 Å². The van der Waals surface area contributed by atoms with Crippen LogP contribution >= 0.6 is 0 Å². The maximum Gasteiger partial charge on any atom is 0.307 e. The summed E-state index contributed by atoms with van der Waals surface area (Å²) in [6, 6.07) is 0. The molecule has 0 amide bonds. The minimum absolute atomic E-state index is 0.0454. The molecule has 0 aliphatic heterocycles. The van der Waals surface area contributed by atoms with E-state index in [0.717, 1.165) is 0 Å². The second kappa shape index (κ2) is 3.51. The van der Waals surface area contributed by atoms with Crippen molar-refractivity contribution in [3.8, 4) is 0 Å². The molecule has 1 rings (SSSR count). The van der Waals surface area contributed by atoms with Gasteiger partial charge in [0.15, 0.2) is 0 Å². The molecule has 2 N–H and O–H groups in total. The fourth-order valence-electron chi connectivity index (χ4n) is 2.65. The number of aliphatic carboxylic acids is 2. The maximum absolute atomic E-state index is 11.0. The summed E-state index contributed by atoms with van der Waals surface area (Å²) in [6.07, 6.45) is 1.29. The third-order valence-corrected chi connectivity index (χ3v) is 4.25. The smallest absolute Gasteiger partial charge is 0.307 e. The minimum atomic E-state index is -0.850. The first-order valence-corrected chi connectivity index (χ1v) is 5.15. The molecule has 0 heterocycles. The highest BCUT2D eigenvalue weighted by Gasteiger charge is 2.54. The maximum atomic E-state index is 11.0. The van der Waals surface area contributed by atoms with Gasteiger partial charge in [-0.3, -0.25) is 9.59 Å². The normalized spacial score (nSPS) is 33.9. The average molecular weight is 214 g/mol. The Balaban J connectivity index is 2.95. The van der Waals surface area contributed by atoms with Gasteiger partial charge in [-0.1, -0.05) is 20.8 Å². The molecule has 1 aliphatic rings. The zero-order valence-corrected chi connectivity index (χ0v) is 9.41. The summed E-state index contributed by atoms with van der Waals surface area (Å²) in [7, 11) is 0. The third kappa shape index (κ3) is 1.85. The Labute approximate surface area is 89.3 Å². The summed E-state index contributed by atoms with van der Waals surface area (Å²) in [5.74, 6) is -2.09. The molecular formula is C11H18O4. The molecule has 1 fully saturated rings. The first-order chi connectivity index (χ1) is 6.71. The zero-order chi connectivity index (χ0) is 11.9. The van der Waals surface area contributed by atoms with E-state index in [0.29, 0.717) is 12.8 Å². The molecule has 1 saturated carbocycles. The standard InChI is InChI=1S/C11H18O4/c1-10(2)7(9(14)15)4-5-11(10,3)6-8(12)13/h7H,4-6H2,1-3H3,(H,12,13)(H,14,15)/t7-,11?/m0/s1. The molecule has 0 aromatic heterocycles. The second-order valence-electron chi connectivity index (χ2n) is 5.28. The van der Waals surface area contributed by atoms with Crippen LogP contribution < -0.4 is 0 Å². The highest BCUT2D eigenvalue weighted by molar-refractivity contribution is 5.73. The first-order valence-electron chi connectivity index (χ1n) is 5.15. The molecule has 0 spiro atoms. The van der Waals surface area contributed by atoms with Gasteiger partial charge < -0.3 is 10.2 Å². The van der Waals surface area contributed by atoms with E-state index in [-0.39, 0.29) is 6.42 Å². The molecule has 15 heavy (non-hydrogen) atoms. The van der Waals surface area contributed by atoms with Crippen LogP contribution in [0.15, 0.2) is 0 Å². The van der Waals surface area contributed by atoms with Crippen LogP contribution in [0.5, 0.6) is 0 Å². The Bertz CT molecular complexity index is 292. The Morgan fingerprint density at radius 2 is 1.80 bits per heavy atom. The lowest BCUT2D eigenvalue weighted by Crippen LogP contribution is -2.38. The van der Waals surface area contributed by atoms with Crippen LogP contribution in [0.2, 0.25) is 0 Å². The minimum Gasteiger partial charge on any atom is -0.481 e. The van der Waals surface area contributed by atoms with Crippen molar-refractivity contribution in [3.05, 3.63) is 0 Å². The molecule has 4 heteroatoms. The summed E-state index contributed by atoms with van der Waals surface area (Å²) in [5, 5.41) is 17.9. The van der Waals surface area contributed by atoms with Crippen LogP contribution in [0.3, 0.4) is 0 Å². The van der Waals surface area contributed by atoms with Crippen LogP contribution in [-0.2, 0) is 9.59 Å². The topological polar surface area (TPSA) is 74.6 Å². The molecule has 0 radical (unpaired) electrons. The van der Waals surface area contributed by atoms with E-state index in [1.807, 2.05) is 20.8 Å². The monoisotopic (exact) mass is 214 g/mol. The number of carboxylic acids is 2. The number of carboxylic acid groups (broad SMARTS) is 2. The summed E-state index contributed by atoms with van der Waals surface area (Å²) in [6.45, 7) is 5.60. The van der Waals surface area contributed by atoms with Crippen molar-refractivity contribution in [2.75, 3.05) is 0 Å². The van der Waals surface area contributed by atoms with Gasteiger partial charge in [0.25, 0.3) is 0 Å². The van der Waals surface area contributed by atoms with Gasteiger partial charge in [0.1, 0.15) is 0 Å². The quantitative estimate of drug-likeness (QED) is 0.753. The van der Waals surface area contributed by atoms with Crippen molar-refractivity contribution in [1.29, 1.82) is 0 Å². The zero-order valence-electron chi connectivity index (χ0n) is 9.41. The van der Waals surface area contributed by atoms with Crippen molar-refractivity contribution < 1.29 is 19.8 Å². The number of rotatable bonds is 3. The van der Waals surface area contributed by atoms with Gasteiger partial charge >= 0.3 is 11.9 Å². The summed E-state index contributed by atoms with van der Waals surface area (Å²) in [5.41, 5.74) is -0.876. The number of carbonyl (C=O) groups is 2. The van der Waals surface area contributed by atoms with Crippen LogP contribution in [0.25, 0.3) is 0 Å². The lowest BCUT2D eigenvalue weighted by Gasteiger charge is -2.39. The largest absolute Gasteiger partial charge is 0.481 e. The van der Waals surface area contributed by atoms with Gasteiger partial charge in [-0.15, -0.1) is 0 Å². The van der Waals surface area contributed by atoms with E-state index in [9.17, 15) is 9.59 Å². The van der Waals surface area contributed by atoms with E-state index in [4.69, 9.17) is 10.2 Å². The van der Waals surface area contributed by atoms with Crippen molar-refractivity contribution in [1.82, 2.24) is 0 Å². The van der Waals surface area contributed by atoms with E-state index in [2.05, 4.69) is 0 Å². The summed E-state index contributed by atoms with van der Waals surface area (Å²) in [4.78, 5) is 21.8. The molecule has 0 saturated heterocycles. The Hall–Kier alpha value is -1.06. The number of hydrogen-bond acceptors (Lipinski definition) is 2. The molecule has 1 aliphatic carbocycles. The van der Waals surface area contributed by atoms with Gasteiger partial charge in [-0.25, -0.2) is 0 Å². The fraction of sp³-hybridized carbons (Fsp3) is 0.818. The van der Waals surface area contributed by atoms with Gasteiger partial charge in [-0.2, -0.15) is 0 Å². The summed E-state index contributed by atoms with van der Waals surface area (Å²) >= 11 is 0. The van der Waals surface area contributed by atoms with Crippen molar-refractivity contribution >= 4 is 11.9 Å². The Morgan fingerprint density at radius 1 is 1.27 bits per heavy atom. The Kier molecular flexibility index (Phi) is 2.81. The SMILES string of the molecule is CC1(CC(=O)O)CC[C@@H](C(=O)O)C1(C)C. The first kappa shape index (κ1) is 12.0. The van der Waals surface area contributed by atoms with Gasteiger partial charge in [0.2, 0.25) is 0 Å². The number of hydrogen-bond donors (Lipinski definition) is 2. The molecule has 1 unspecified atom stereocenters. The van der Waals surface area contributed by atoms with Crippen molar-refractivity contribution in [2.45, 2.75) is 40.0 Å². The molecule has 0 bridgehead atoms. The van der Waals surface area contributed by atoms with Gasteiger partial charge in [-0.05, 0) is 23.7 Å². The van der Waals surface area contributed by atoms with Gasteiger partial charge in [0.05, 0.1) is 12.3 Å². The molecular weight excluding hydrogens is 196 g/mol. The molecule has 4 nitrogen and oxygen atoms in total. The van der Waals surface area contributed by atoms with E-state index >= 15 is 0 Å². The summed E-state index contributed by atoms with van der Waals surface area (Å²) < 4.78 is 0. The molecule has 0 aromatic rings. The van der Waals surface area contributed by atoms with Crippen LogP contribution in [0.4, 0.5) is 0 Å². The highest BCUT2D eigenvalue weighted by atomic mass is 16.4. The molecule has 0 aromatic carbocycles. The van der Waals surface area contributed by atoms with Gasteiger partial charge in [0, 0.05) is 0 Å². The third-order valence-electron chi connectivity index (χ3n) is 4.25. The molecule has 86 valence electrons. The lowest BCUT2D eigenvalue weighted by atomic mass is 9.64. The van der Waals surface area contributed by atoms with E-state index in [1.54, 1.807) is 0 Å². The lowest BCUT2D eigenvalue weighted by molar-refractivity contribution is -0.149. The van der Waals surface area contributed by atoms with Crippen molar-refractivity contribution in [2.24, 2.45) is 16.7 Å². The van der Waals surface area contributed by atoms with Crippen LogP contribution in [-0.4, -0.2) is 22.2 Å². The average Bonchev–Trinajstić information content (AvgIpc) is 2.21.